The molecule has 0 fully saturated rings. The van der Waals surface area contributed by atoms with Gasteiger partial charge in [0.2, 0.25) is 5.82 Å². The fraction of sp³-hybridized carbons (Fsp3) is 0.167. The van der Waals surface area contributed by atoms with Gasteiger partial charge in [-0.15, -0.1) is 5.10 Å². The first-order chi connectivity index (χ1) is 12.1. The molecule has 1 aromatic heterocycles. The second kappa shape index (κ2) is 7.12. The van der Waals surface area contributed by atoms with Crippen molar-refractivity contribution in [1.29, 1.82) is 0 Å². The van der Waals surface area contributed by atoms with Gasteiger partial charge < -0.3 is 10.1 Å². The Morgan fingerprint density at radius 3 is 2.48 bits per heavy atom. The van der Waals surface area contributed by atoms with E-state index in [1.165, 1.54) is 16.8 Å². The van der Waals surface area contributed by atoms with Gasteiger partial charge in [0.15, 0.2) is 0 Å². The molecule has 0 saturated heterocycles. The summed E-state index contributed by atoms with van der Waals surface area (Å²) in [6.45, 7) is 2.09. The lowest BCUT2D eigenvalue weighted by atomic mass is 10.2. The molecule has 128 valence electrons. The summed E-state index contributed by atoms with van der Waals surface area (Å²) in [6.07, 6.45) is 0. The average Bonchev–Trinajstić information content (AvgIpc) is 3.02. The van der Waals surface area contributed by atoms with E-state index in [0.29, 0.717) is 18.1 Å². The monoisotopic (exact) mass is 340 g/mol. The van der Waals surface area contributed by atoms with Crippen molar-refractivity contribution in [2.75, 3.05) is 7.11 Å². The number of hydrogen-bond acceptors (Lipinski definition) is 4. The van der Waals surface area contributed by atoms with Crippen molar-refractivity contribution >= 4 is 5.91 Å². The van der Waals surface area contributed by atoms with E-state index < -0.39 is 0 Å². The van der Waals surface area contributed by atoms with Gasteiger partial charge in [-0.1, -0.05) is 12.1 Å². The SMILES string of the molecule is COc1ccc(CNC(=O)c2nc(C)n(-c3ccc(F)cc3)n2)cc1. The highest BCUT2D eigenvalue weighted by Gasteiger charge is 2.15. The standard InChI is InChI=1S/C18H17FN4O2/c1-12-21-17(22-23(12)15-7-5-14(19)6-8-15)18(24)20-11-13-3-9-16(25-2)10-4-13/h3-10H,11H2,1-2H3,(H,20,24). The van der Waals surface area contributed by atoms with Gasteiger partial charge in [0.05, 0.1) is 12.8 Å². The molecule has 1 amide bonds. The highest BCUT2D eigenvalue weighted by atomic mass is 19.1. The van der Waals surface area contributed by atoms with E-state index in [4.69, 9.17) is 4.74 Å². The van der Waals surface area contributed by atoms with Crippen LogP contribution < -0.4 is 10.1 Å². The van der Waals surface area contributed by atoms with Crippen LogP contribution in [0.3, 0.4) is 0 Å². The number of carbonyl (C=O) groups excluding carboxylic acids is 1. The lowest BCUT2D eigenvalue weighted by Crippen LogP contribution is -2.24. The van der Waals surface area contributed by atoms with Gasteiger partial charge in [-0.05, 0) is 48.9 Å². The lowest BCUT2D eigenvalue weighted by Gasteiger charge is -2.04. The molecule has 0 aliphatic heterocycles. The van der Waals surface area contributed by atoms with Crippen molar-refractivity contribution in [3.05, 3.63) is 71.6 Å². The number of methoxy groups -OCH3 is 1. The maximum atomic E-state index is 13.0. The van der Waals surface area contributed by atoms with Crippen LogP contribution in [0, 0.1) is 12.7 Å². The number of benzene rings is 2. The lowest BCUT2D eigenvalue weighted by molar-refractivity contribution is 0.0940. The number of aryl methyl sites for hydroxylation is 1. The fourth-order valence-corrected chi connectivity index (χ4v) is 2.32. The molecular weight excluding hydrogens is 323 g/mol. The zero-order valence-electron chi connectivity index (χ0n) is 13.9. The second-order valence-corrected chi connectivity index (χ2v) is 5.40. The number of halogens is 1. The van der Waals surface area contributed by atoms with Crippen molar-refractivity contribution in [2.45, 2.75) is 13.5 Å². The number of aromatic nitrogens is 3. The zero-order valence-corrected chi connectivity index (χ0v) is 13.9. The zero-order chi connectivity index (χ0) is 17.8. The molecule has 1 N–H and O–H groups in total. The van der Waals surface area contributed by atoms with Gasteiger partial charge in [-0.25, -0.2) is 14.1 Å². The number of nitrogens with zero attached hydrogens (tertiary/aromatic N) is 3. The summed E-state index contributed by atoms with van der Waals surface area (Å²) in [4.78, 5) is 16.4. The quantitative estimate of drug-likeness (QED) is 0.775. The van der Waals surface area contributed by atoms with Crippen molar-refractivity contribution in [2.24, 2.45) is 0 Å². The van der Waals surface area contributed by atoms with E-state index in [2.05, 4.69) is 15.4 Å². The number of rotatable bonds is 5. The Morgan fingerprint density at radius 1 is 1.16 bits per heavy atom. The number of amides is 1. The number of ether oxygens (including phenoxy) is 1. The van der Waals surface area contributed by atoms with Crippen LogP contribution in [0.1, 0.15) is 22.0 Å². The molecule has 0 spiro atoms. The van der Waals surface area contributed by atoms with Crippen LogP contribution in [0.2, 0.25) is 0 Å². The first-order valence-corrected chi connectivity index (χ1v) is 7.67. The van der Waals surface area contributed by atoms with Crippen LogP contribution in [0.15, 0.2) is 48.5 Å². The first-order valence-electron chi connectivity index (χ1n) is 7.67. The fourth-order valence-electron chi connectivity index (χ4n) is 2.32. The van der Waals surface area contributed by atoms with Crippen LogP contribution in [0.25, 0.3) is 5.69 Å². The van der Waals surface area contributed by atoms with Crippen LogP contribution in [-0.2, 0) is 6.54 Å². The summed E-state index contributed by atoms with van der Waals surface area (Å²) in [7, 11) is 1.60. The predicted molar refractivity (Wildman–Crippen MR) is 90.2 cm³/mol. The van der Waals surface area contributed by atoms with E-state index in [0.717, 1.165) is 11.3 Å². The molecule has 0 saturated carbocycles. The smallest absolute Gasteiger partial charge is 0.291 e. The topological polar surface area (TPSA) is 69.0 Å². The van der Waals surface area contributed by atoms with E-state index in [9.17, 15) is 9.18 Å². The Morgan fingerprint density at radius 2 is 1.84 bits per heavy atom. The first kappa shape index (κ1) is 16.6. The third-order valence-corrected chi connectivity index (χ3v) is 3.66. The molecule has 0 bridgehead atoms. The van der Waals surface area contributed by atoms with Crippen LogP contribution in [-0.4, -0.2) is 27.8 Å². The molecule has 25 heavy (non-hydrogen) atoms. The maximum absolute atomic E-state index is 13.0. The van der Waals surface area contributed by atoms with Gasteiger partial charge >= 0.3 is 0 Å². The highest BCUT2D eigenvalue weighted by Crippen LogP contribution is 2.12. The summed E-state index contributed by atoms with van der Waals surface area (Å²) in [5.74, 6) is 0.653. The van der Waals surface area contributed by atoms with E-state index in [1.54, 1.807) is 26.2 Å². The minimum absolute atomic E-state index is 0.0651. The summed E-state index contributed by atoms with van der Waals surface area (Å²) in [5, 5.41) is 6.98. The molecule has 0 aliphatic carbocycles. The van der Waals surface area contributed by atoms with Gasteiger partial charge in [-0.3, -0.25) is 4.79 Å². The second-order valence-electron chi connectivity index (χ2n) is 5.40. The minimum Gasteiger partial charge on any atom is -0.497 e. The molecule has 0 radical (unpaired) electrons. The number of nitrogens with one attached hydrogen (secondary N) is 1. The van der Waals surface area contributed by atoms with E-state index >= 15 is 0 Å². The molecule has 6 nitrogen and oxygen atoms in total. The third-order valence-electron chi connectivity index (χ3n) is 3.66. The predicted octanol–water partition coefficient (Wildman–Crippen LogP) is 2.65. The van der Waals surface area contributed by atoms with Gasteiger partial charge in [0, 0.05) is 6.54 Å². The Bertz CT molecular complexity index is 873. The van der Waals surface area contributed by atoms with E-state index in [-0.39, 0.29) is 17.5 Å². The Labute approximate surface area is 144 Å². The molecule has 0 unspecified atom stereocenters. The molecular formula is C18H17FN4O2. The Hall–Kier alpha value is -3.22. The van der Waals surface area contributed by atoms with Gasteiger partial charge in [-0.2, -0.15) is 0 Å². The number of carbonyl (C=O) groups is 1. The molecule has 2 aromatic carbocycles. The van der Waals surface area contributed by atoms with Crippen LogP contribution >= 0.6 is 0 Å². The average molecular weight is 340 g/mol. The summed E-state index contributed by atoms with van der Waals surface area (Å²) >= 11 is 0. The summed E-state index contributed by atoms with van der Waals surface area (Å²) in [5.41, 5.74) is 1.57. The van der Waals surface area contributed by atoms with Gasteiger partial charge in [0.1, 0.15) is 17.4 Å². The van der Waals surface area contributed by atoms with Crippen LogP contribution in [0.5, 0.6) is 5.75 Å². The normalized spacial score (nSPS) is 10.5. The maximum Gasteiger partial charge on any atom is 0.291 e. The largest absolute Gasteiger partial charge is 0.497 e. The van der Waals surface area contributed by atoms with E-state index in [1.807, 2.05) is 24.3 Å². The highest BCUT2D eigenvalue weighted by molar-refractivity contribution is 5.90. The molecule has 3 aromatic rings. The minimum atomic E-state index is -0.375. The van der Waals surface area contributed by atoms with Crippen molar-refractivity contribution < 1.29 is 13.9 Å². The Kier molecular flexibility index (Phi) is 4.74. The number of hydrogen-bond donors (Lipinski definition) is 1. The van der Waals surface area contributed by atoms with Gasteiger partial charge in [0.25, 0.3) is 5.91 Å². The molecule has 0 atom stereocenters. The van der Waals surface area contributed by atoms with Crippen molar-refractivity contribution in [1.82, 2.24) is 20.1 Å². The molecule has 0 aliphatic rings. The molecule has 1 heterocycles. The molecule has 3 rings (SSSR count). The summed E-state index contributed by atoms with van der Waals surface area (Å²) in [6, 6.07) is 13.2. The van der Waals surface area contributed by atoms with Crippen molar-refractivity contribution in [3.63, 3.8) is 0 Å². The Balaban J connectivity index is 1.70. The van der Waals surface area contributed by atoms with Crippen molar-refractivity contribution in [3.8, 4) is 11.4 Å². The molecule has 7 heteroatoms. The van der Waals surface area contributed by atoms with Crippen LogP contribution in [0.4, 0.5) is 4.39 Å². The summed E-state index contributed by atoms with van der Waals surface area (Å²) < 4.78 is 19.6. The third kappa shape index (κ3) is 3.82.